The summed E-state index contributed by atoms with van der Waals surface area (Å²) in [5, 5.41) is 0. The second-order valence-electron chi connectivity index (χ2n) is 5.12. The molecule has 0 bridgehead atoms. The first kappa shape index (κ1) is 14.2. The van der Waals surface area contributed by atoms with Gasteiger partial charge in [0.2, 0.25) is 0 Å². The molecule has 0 aliphatic heterocycles. The number of ether oxygens (including phenoxy) is 3. The van der Waals surface area contributed by atoms with Crippen molar-refractivity contribution in [1.82, 2.24) is 0 Å². The highest BCUT2D eigenvalue weighted by Crippen LogP contribution is 2.32. The van der Waals surface area contributed by atoms with E-state index in [1.165, 1.54) is 18.4 Å². The predicted molar refractivity (Wildman–Crippen MR) is 76.0 cm³/mol. The van der Waals surface area contributed by atoms with E-state index in [9.17, 15) is 0 Å². The lowest BCUT2D eigenvalue weighted by molar-refractivity contribution is 0.146. The molecule has 1 saturated carbocycles. The van der Waals surface area contributed by atoms with E-state index in [4.69, 9.17) is 14.2 Å². The molecule has 1 fully saturated rings. The quantitative estimate of drug-likeness (QED) is 0.639. The van der Waals surface area contributed by atoms with Crippen LogP contribution in [0.25, 0.3) is 0 Å². The molecule has 3 heteroatoms. The second-order valence-corrected chi connectivity index (χ2v) is 5.12. The first-order valence-corrected chi connectivity index (χ1v) is 7.21. The molecule has 0 heterocycles. The van der Waals surface area contributed by atoms with Crippen LogP contribution in [0, 0.1) is 5.92 Å². The SMILES string of the molecule is CCCc1ccc(OCCOC)cc1OCC1CC1. The largest absolute Gasteiger partial charge is 0.493 e. The van der Waals surface area contributed by atoms with Crippen LogP contribution in [-0.2, 0) is 11.2 Å². The molecule has 0 spiro atoms. The van der Waals surface area contributed by atoms with Crippen molar-refractivity contribution in [3.63, 3.8) is 0 Å². The second kappa shape index (κ2) is 7.39. The predicted octanol–water partition coefficient (Wildman–Crippen LogP) is 3.45. The standard InChI is InChI=1S/C16H24O3/c1-3-4-14-7-8-15(18-10-9-17-2)11-16(14)19-12-13-5-6-13/h7-8,11,13H,3-6,9-10,12H2,1-2H3. The molecule has 1 aromatic rings. The first-order chi connectivity index (χ1) is 9.33. The van der Waals surface area contributed by atoms with Gasteiger partial charge in [0.25, 0.3) is 0 Å². The van der Waals surface area contributed by atoms with Gasteiger partial charge in [-0.05, 0) is 36.8 Å². The smallest absolute Gasteiger partial charge is 0.126 e. The van der Waals surface area contributed by atoms with E-state index in [1.54, 1.807) is 7.11 Å². The molecule has 0 unspecified atom stereocenters. The van der Waals surface area contributed by atoms with Crippen molar-refractivity contribution in [2.24, 2.45) is 5.92 Å². The van der Waals surface area contributed by atoms with Gasteiger partial charge in [-0.3, -0.25) is 0 Å². The minimum absolute atomic E-state index is 0.575. The summed E-state index contributed by atoms with van der Waals surface area (Å²) in [6.45, 7) is 4.21. The number of rotatable bonds is 9. The Morgan fingerprint density at radius 1 is 1.16 bits per heavy atom. The van der Waals surface area contributed by atoms with Gasteiger partial charge in [-0.1, -0.05) is 19.4 Å². The van der Waals surface area contributed by atoms with Gasteiger partial charge in [0.1, 0.15) is 18.1 Å². The molecule has 106 valence electrons. The maximum atomic E-state index is 5.95. The number of aryl methyl sites for hydroxylation is 1. The van der Waals surface area contributed by atoms with Gasteiger partial charge in [0.05, 0.1) is 13.2 Å². The van der Waals surface area contributed by atoms with Crippen LogP contribution in [0.4, 0.5) is 0 Å². The zero-order valence-corrected chi connectivity index (χ0v) is 12.0. The van der Waals surface area contributed by atoms with Crippen LogP contribution in [0.15, 0.2) is 18.2 Å². The Morgan fingerprint density at radius 3 is 2.68 bits per heavy atom. The minimum Gasteiger partial charge on any atom is -0.493 e. The lowest BCUT2D eigenvalue weighted by Gasteiger charge is -2.13. The third-order valence-corrected chi connectivity index (χ3v) is 3.29. The summed E-state index contributed by atoms with van der Waals surface area (Å²) < 4.78 is 16.6. The van der Waals surface area contributed by atoms with Crippen molar-refractivity contribution in [3.05, 3.63) is 23.8 Å². The number of hydrogen-bond donors (Lipinski definition) is 0. The molecular weight excluding hydrogens is 240 g/mol. The molecule has 3 nitrogen and oxygen atoms in total. The highest BCUT2D eigenvalue weighted by Gasteiger charge is 2.22. The van der Waals surface area contributed by atoms with Crippen molar-refractivity contribution in [2.75, 3.05) is 26.9 Å². The summed E-state index contributed by atoms with van der Waals surface area (Å²) in [6.07, 6.45) is 4.81. The van der Waals surface area contributed by atoms with E-state index in [0.717, 1.165) is 36.9 Å². The Kier molecular flexibility index (Phi) is 5.52. The van der Waals surface area contributed by atoms with Gasteiger partial charge in [0, 0.05) is 13.2 Å². The average molecular weight is 264 g/mol. The third kappa shape index (κ3) is 4.75. The summed E-state index contributed by atoms with van der Waals surface area (Å²) in [4.78, 5) is 0. The fourth-order valence-corrected chi connectivity index (χ4v) is 1.97. The number of methoxy groups -OCH3 is 1. The molecule has 0 N–H and O–H groups in total. The molecule has 1 aliphatic carbocycles. The Bertz CT molecular complexity index is 386. The van der Waals surface area contributed by atoms with Crippen LogP contribution >= 0.6 is 0 Å². The van der Waals surface area contributed by atoms with Crippen LogP contribution in [-0.4, -0.2) is 26.9 Å². The number of benzene rings is 1. The average Bonchev–Trinajstić information content (AvgIpc) is 3.23. The van der Waals surface area contributed by atoms with Crippen molar-refractivity contribution in [1.29, 1.82) is 0 Å². The number of hydrogen-bond acceptors (Lipinski definition) is 3. The third-order valence-electron chi connectivity index (χ3n) is 3.29. The first-order valence-electron chi connectivity index (χ1n) is 7.21. The minimum atomic E-state index is 0.575. The zero-order valence-electron chi connectivity index (χ0n) is 12.0. The van der Waals surface area contributed by atoms with Crippen LogP contribution in [0.1, 0.15) is 31.7 Å². The Labute approximate surface area is 115 Å². The normalized spacial score (nSPS) is 14.4. The fraction of sp³-hybridized carbons (Fsp3) is 0.625. The van der Waals surface area contributed by atoms with Gasteiger partial charge in [-0.15, -0.1) is 0 Å². The van der Waals surface area contributed by atoms with Gasteiger partial charge < -0.3 is 14.2 Å². The molecule has 0 aromatic heterocycles. The van der Waals surface area contributed by atoms with E-state index in [0.29, 0.717) is 13.2 Å². The monoisotopic (exact) mass is 264 g/mol. The van der Waals surface area contributed by atoms with E-state index in [1.807, 2.05) is 12.1 Å². The van der Waals surface area contributed by atoms with Crippen molar-refractivity contribution in [2.45, 2.75) is 32.6 Å². The van der Waals surface area contributed by atoms with Crippen LogP contribution in [0.5, 0.6) is 11.5 Å². The molecular formula is C16H24O3. The van der Waals surface area contributed by atoms with Crippen LogP contribution < -0.4 is 9.47 Å². The van der Waals surface area contributed by atoms with Gasteiger partial charge in [-0.2, -0.15) is 0 Å². The molecule has 19 heavy (non-hydrogen) atoms. The highest BCUT2D eigenvalue weighted by atomic mass is 16.5. The summed E-state index contributed by atoms with van der Waals surface area (Å²) in [5.74, 6) is 2.62. The Balaban J connectivity index is 1.98. The van der Waals surface area contributed by atoms with E-state index in [-0.39, 0.29) is 0 Å². The maximum absolute atomic E-state index is 5.95. The van der Waals surface area contributed by atoms with E-state index in [2.05, 4.69) is 13.0 Å². The van der Waals surface area contributed by atoms with E-state index >= 15 is 0 Å². The van der Waals surface area contributed by atoms with Crippen molar-refractivity contribution < 1.29 is 14.2 Å². The Hall–Kier alpha value is -1.22. The molecule has 0 atom stereocenters. The molecule has 0 radical (unpaired) electrons. The fourth-order valence-electron chi connectivity index (χ4n) is 1.97. The summed E-state index contributed by atoms with van der Waals surface area (Å²) in [7, 11) is 1.68. The van der Waals surface area contributed by atoms with Gasteiger partial charge in [0.15, 0.2) is 0 Å². The molecule has 2 rings (SSSR count). The molecule has 0 saturated heterocycles. The lowest BCUT2D eigenvalue weighted by Crippen LogP contribution is -2.06. The van der Waals surface area contributed by atoms with Crippen LogP contribution in [0.3, 0.4) is 0 Å². The molecule has 1 aromatic carbocycles. The summed E-state index contributed by atoms with van der Waals surface area (Å²) in [5.41, 5.74) is 1.28. The maximum Gasteiger partial charge on any atom is 0.126 e. The van der Waals surface area contributed by atoms with Gasteiger partial charge in [-0.25, -0.2) is 0 Å². The molecule has 1 aliphatic rings. The topological polar surface area (TPSA) is 27.7 Å². The lowest BCUT2D eigenvalue weighted by atomic mass is 10.1. The summed E-state index contributed by atoms with van der Waals surface area (Å²) in [6, 6.07) is 6.15. The van der Waals surface area contributed by atoms with Gasteiger partial charge >= 0.3 is 0 Å². The van der Waals surface area contributed by atoms with E-state index < -0.39 is 0 Å². The molecule has 0 amide bonds. The Morgan fingerprint density at radius 2 is 2.00 bits per heavy atom. The summed E-state index contributed by atoms with van der Waals surface area (Å²) >= 11 is 0. The highest BCUT2D eigenvalue weighted by molar-refractivity contribution is 5.41. The van der Waals surface area contributed by atoms with Crippen molar-refractivity contribution in [3.8, 4) is 11.5 Å². The zero-order chi connectivity index (χ0) is 13.5. The van der Waals surface area contributed by atoms with Crippen molar-refractivity contribution >= 4 is 0 Å². The van der Waals surface area contributed by atoms with Crippen LogP contribution in [0.2, 0.25) is 0 Å².